The second-order valence-electron chi connectivity index (χ2n) is 8.20. The van der Waals surface area contributed by atoms with E-state index in [0.29, 0.717) is 12.0 Å². The zero-order valence-electron chi connectivity index (χ0n) is 14.7. The van der Waals surface area contributed by atoms with Crippen LogP contribution >= 0.6 is 0 Å². The summed E-state index contributed by atoms with van der Waals surface area (Å²) >= 11 is 0. The molecule has 1 aromatic heterocycles. The van der Waals surface area contributed by atoms with Crippen LogP contribution in [0.1, 0.15) is 49.3 Å². The van der Waals surface area contributed by atoms with Gasteiger partial charge < -0.3 is 14.9 Å². The number of piperidine rings is 1. The van der Waals surface area contributed by atoms with Gasteiger partial charge in [-0.05, 0) is 63.1 Å². The zero-order chi connectivity index (χ0) is 16.9. The number of rotatable bonds is 2. The SMILES string of the molecule is Cc1cn(C)nc1C1CCN(C2CC3(CCN(C(=O)O)C3)C2)CC1. The van der Waals surface area contributed by atoms with Gasteiger partial charge in [0.25, 0.3) is 0 Å². The third-order valence-corrected chi connectivity index (χ3v) is 6.53. The molecule has 132 valence electrons. The van der Waals surface area contributed by atoms with Gasteiger partial charge in [-0.3, -0.25) is 4.68 Å². The van der Waals surface area contributed by atoms with Gasteiger partial charge >= 0.3 is 6.09 Å². The van der Waals surface area contributed by atoms with Crippen molar-refractivity contribution < 1.29 is 9.90 Å². The zero-order valence-corrected chi connectivity index (χ0v) is 14.7. The van der Waals surface area contributed by atoms with E-state index in [0.717, 1.165) is 32.6 Å². The molecule has 0 radical (unpaired) electrons. The average molecular weight is 332 g/mol. The van der Waals surface area contributed by atoms with Gasteiger partial charge in [0, 0.05) is 38.3 Å². The third kappa shape index (κ3) is 2.70. The van der Waals surface area contributed by atoms with Gasteiger partial charge in [-0.15, -0.1) is 0 Å². The first kappa shape index (κ1) is 15.9. The summed E-state index contributed by atoms with van der Waals surface area (Å²) in [4.78, 5) is 15.4. The molecule has 0 aromatic carbocycles. The van der Waals surface area contributed by atoms with E-state index in [4.69, 9.17) is 5.11 Å². The number of nitrogens with zero attached hydrogens (tertiary/aromatic N) is 4. The largest absolute Gasteiger partial charge is 0.465 e. The standard InChI is InChI=1S/C18H28N4O2/c1-13-11-20(2)19-16(13)14-3-6-21(7-4-14)15-9-18(10-15)5-8-22(12-18)17(23)24/h11,14-15H,3-10,12H2,1-2H3,(H,23,24). The minimum Gasteiger partial charge on any atom is -0.465 e. The summed E-state index contributed by atoms with van der Waals surface area (Å²) in [5.41, 5.74) is 2.89. The van der Waals surface area contributed by atoms with Crippen LogP contribution in [0, 0.1) is 12.3 Å². The van der Waals surface area contributed by atoms with Gasteiger partial charge in [0.05, 0.1) is 5.69 Å². The topological polar surface area (TPSA) is 61.6 Å². The molecule has 3 aliphatic rings. The fraction of sp³-hybridized carbons (Fsp3) is 0.778. The van der Waals surface area contributed by atoms with E-state index < -0.39 is 6.09 Å². The minimum absolute atomic E-state index is 0.289. The Morgan fingerprint density at radius 1 is 1.29 bits per heavy atom. The van der Waals surface area contributed by atoms with Crippen molar-refractivity contribution in [3.05, 3.63) is 17.5 Å². The number of hydrogen-bond acceptors (Lipinski definition) is 3. The van der Waals surface area contributed by atoms with E-state index in [1.807, 2.05) is 11.7 Å². The maximum atomic E-state index is 11.1. The first-order chi connectivity index (χ1) is 11.5. The number of aromatic nitrogens is 2. The number of carboxylic acid groups (broad SMARTS) is 1. The number of likely N-dealkylation sites (tertiary alicyclic amines) is 2. The van der Waals surface area contributed by atoms with Crippen LogP contribution in [0.25, 0.3) is 0 Å². The van der Waals surface area contributed by atoms with Crippen LogP contribution in [0.15, 0.2) is 6.20 Å². The van der Waals surface area contributed by atoms with Gasteiger partial charge in [0.2, 0.25) is 0 Å². The summed E-state index contributed by atoms with van der Waals surface area (Å²) in [7, 11) is 2.00. The molecule has 1 aliphatic carbocycles. The Labute approximate surface area is 143 Å². The van der Waals surface area contributed by atoms with Crippen LogP contribution in [-0.2, 0) is 7.05 Å². The fourth-order valence-electron chi connectivity index (χ4n) is 5.20. The summed E-state index contributed by atoms with van der Waals surface area (Å²) in [6.45, 7) is 5.96. The van der Waals surface area contributed by atoms with Crippen molar-refractivity contribution in [2.45, 2.75) is 51.0 Å². The third-order valence-electron chi connectivity index (χ3n) is 6.53. The lowest BCUT2D eigenvalue weighted by Crippen LogP contribution is -2.54. The Bertz CT molecular complexity index is 627. The molecule has 6 nitrogen and oxygen atoms in total. The van der Waals surface area contributed by atoms with Crippen molar-refractivity contribution in [2.75, 3.05) is 26.2 Å². The number of hydrogen-bond donors (Lipinski definition) is 1. The molecule has 0 atom stereocenters. The lowest BCUT2D eigenvalue weighted by atomic mass is 9.64. The van der Waals surface area contributed by atoms with Crippen molar-refractivity contribution in [1.29, 1.82) is 0 Å². The van der Waals surface area contributed by atoms with Crippen LogP contribution in [0.2, 0.25) is 0 Å². The molecule has 2 aliphatic heterocycles. The Morgan fingerprint density at radius 3 is 2.54 bits per heavy atom. The first-order valence-electron chi connectivity index (χ1n) is 9.18. The Hall–Kier alpha value is -1.56. The van der Waals surface area contributed by atoms with Gasteiger partial charge in [0.1, 0.15) is 0 Å². The Morgan fingerprint density at radius 2 is 2.00 bits per heavy atom. The van der Waals surface area contributed by atoms with Crippen molar-refractivity contribution in [3.63, 3.8) is 0 Å². The molecule has 0 bridgehead atoms. The molecule has 1 saturated carbocycles. The number of amides is 1. The highest BCUT2D eigenvalue weighted by molar-refractivity contribution is 5.65. The molecule has 1 aromatic rings. The highest BCUT2D eigenvalue weighted by Crippen LogP contribution is 2.50. The van der Waals surface area contributed by atoms with E-state index in [1.54, 1.807) is 4.90 Å². The summed E-state index contributed by atoms with van der Waals surface area (Å²) in [6, 6.07) is 0.671. The second kappa shape index (κ2) is 5.76. The molecular weight excluding hydrogens is 304 g/mol. The van der Waals surface area contributed by atoms with Gasteiger partial charge in [0.15, 0.2) is 0 Å². The second-order valence-corrected chi connectivity index (χ2v) is 8.20. The first-order valence-corrected chi connectivity index (χ1v) is 9.18. The molecule has 1 N–H and O–H groups in total. The molecule has 24 heavy (non-hydrogen) atoms. The lowest BCUT2D eigenvalue weighted by Gasteiger charge is -2.51. The number of carbonyl (C=O) groups is 1. The van der Waals surface area contributed by atoms with Crippen molar-refractivity contribution >= 4 is 6.09 Å². The van der Waals surface area contributed by atoms with Crippen LogP contribution in [0.4, 0.5) is 4.79 Å². The van der Waals surface area contributed by atoms with Crippen molar-refractivity contribution in [1.82, 2.24) is 19.6 Å². The molecule has 1 amide bonds. The van der Waals surface area contributed by atoms with Gasteiger partial charge in [-0.25, -0.2) is 4.79 Å². The normalized spacial score (nSPS) is 31.6. The monoisotopic (exact) mass is 332 g/mol. The Balaban J connectivity index is 1.29. The van der Waals surface area contributed by atoms with Crippen molar-refractivity contribution in [3.8, 4) is 0 Å². The smallest absolute Gasteiger partial charge is 0.407 e. The van der Waals surface area contributed by atoms with Gasteiger partial charge in [-0.2, -0.15) is 5.10 Å². The molecule has 4 rings (SSSR count). The van der Waals surface area contributed by atoms with E-state index >= 15 is 0 Å². The van der Waals surface area contributed by atoms with E-state index in [9.17, 15) is 4.79 Å². The van der Waals surface area contributed by atoms with Gasteiger partial charge in [-0.1, -0.05) is 0 Å². The molecule has 2 saturated heterocycles. The number of aryl methyl sites for hydroxylation is 2. The minimum atomic E-state index is -0.748. The van der Waals surface area contributed by atoms with Crippen LogP contribution in [-0.4, -0.2) is 63.0 Å². The predicted octanol–water partition coefficient (Wildman–Crippen LogP) is 2.44. The summed E-state index contributed by atoms with van der Waals surface area (Å²) in [6.07, 6.45) is 7.19. The molecule has 1 spiro atoms. The molecular formula is C18H28N4O2. The quantitative estimate of drug-likeness (QED) is 0.903. The van der Waals surface area contributed by atoms with E-state index in [-0.39, 0.29) is 5.41 Å². The fourth-order valence-corrected chi connectivity index (χ4v) is 5.20. The van der Waals surface area contributed by atoms with Crippen LogP contribution < -0.4 is 0 Å². The summed E-state index contributed by atoms with van der Waals surface area (Å²) in [5, 5.41) is 13.8. The van der Waals surface area contributed by atoms with Crippen molar-refractivity contribution in [2.24, 2.45) is 12.5 Å². The van der Waals surface area contributed by atoms with Crippen LogP contribution in [0.5, 0.6) is 0 Å². The molecule has 0 unspecified atom stereocenters. The van der Waals surface area contributed by atoms with E-state index in [1.165, 1.54) is 36.9 Å². The molecule has 3 heterocycles. The maximum absolute atomic E-state index is 11.1. The molecule has 6 heteroatoms. The Kier molecular flexibility index (Phi) is 3.82. The average Bonchev–Trinajstić information content (AvgIpc) is 3.10. The summed E-state index contributed by atoms with van der Waals surface area (Å²) < 4.78 is 1.93. The lowest BCUT2D eigenvalue weighted by molar-refractivity contribution is -0.00406. The predicted molar refractivity (Wildman–Crippen MR) is 91.2 cm³/mol. The van der Waals surface area contributed by atoms with E-state index in [2.05, 4.69) is 23.1 Å². The molecule has 3 fully saturated rings. The highest BCUT2D eigenvalue weighted by atomic mass is 16.4. The van der Waals surface area contributed by atoms with Crippen LogP contribution in [0.3, 0.4) is 0 Å². The summed E-state index contributed by atoms with van der Waals surface area (Å²) in [5.74, 6) is 0.602. The maximum Gasteiger partial charge on any atom is 0.407 e. The highest BCUT2D eigenvalue weighted by Gasteiger charge is 2.51.